The van der Waals surface area contributed by atoms with Crippen molar-refractivity contribution in [2.24, 2.45) is 0 Å². The lowest BCUT2D eigenvalue weighted by Gasteiger charge is -2.15. The van der Waals surface area contributed by atoms with Crippen LogP contribution in [0.25, 0.3) is 0 Å². The first kappa shape index (κ1) is 14.0. The van der Waals surface area contributed by atoms with E-state index in [0.29, 0.717) is 5.56 Å². The van der Waals surface area contributed by atoms with Gasteiger partial charge in [0.25, 0.3) is 5.91 Å². The van der Waals surface area contributed by atoms with Crippen LogP contribution in [0.15, 0.2) is 36.8 Å². The summed E-state index contributed by atoms with van der Waals surface area (Å²) >= 11 is 0. The number of hydrogen-bond acceptors (Lipinski definition) is 4. The molecule has 1 unspecified atom stereocenters. The molecular weight excluding hydrogens is 254 g/mol. The Morgan fingerprint density at radius 2 is 2.25 bits per heavy atom. The number of rotatable bonds is 5. The number of hydrogen-bond donors (Lipinski definition) is 1. The van der Waals surface area contributed by atoms with Crippen molar-refractivity contribution in [2.45, 2.75) is 19.5 Å². The molecule has 2 rings (SSSR count). The lowest BCUT2D eigenvalue weighted by molar-refractivity contribution is 0.0827. The second-order valence-corrected chi connectivity index (χ2v) is 4.91. The van der Waals surface area contributed by atoms with Crippen LogP contribution in [-0.2, 0) is 6.54 Å². The Balaban J connectivity index is 1.95. The van der Waals surface area contributed by atoms with Gasteiger partial charge < -0.3 is 10.2 Å². The van der Waals surface area contributed by atoms with E-state index in [1.165, 1.54) is 4.90 Å². The summed E-state index contributed by atoms with van der Waals surface area (Å²) in [4.78, 5) is 17.5. The third-order valence-corrected chi connectivity index (χ3v) is 2.83. The Hall–Kier alpha value is -2.37. The molecule has 0 spiro atoms. The molecule has 2 aromatic heterocycles. The highest BCUT2D eigenvalue weighted by Crippen LogP contribution is 2.08. The predicted octanol–water partition coefficient (Wildman–Crippen LogP) is 1.48. The Bertz CT molecular complexity index is 547. The van der Waals surface area contributed by atoms with Crippen LogP contribution in [0.1, 0.15) is 17.3 Å². The van der Waals surface area contributed by atoms with Crippen LogP contribution in [-0.4, -0.2) is 45.7 Å². The van der Waals surface area contributed by atoms with E-state index in [0.717, 1.165) is 12.4 Å². The average molecular weight is 273 g/mol. The van der Waals surface area contributed by atoms with Crippen LogP contribution in [0, 0.1) is 0 Å². The van der Waals surface area contributed by atoms with E-state index in [4.69, 9.17) is 0 Å². The lowest BCUT2D eigenvalue weighted by atomic mass is 10.2. The van der Waals surface area contributed by atoms with E-state index in [1.807, 2.05) is 23.0 Å². The smallest absolute Gasteiger partial charge is 0.254 e. The van der Waals surface area contributed by atoms with E-state index >= 15 is 0 Å². The summed E-state index contributed by atoms with van der Waals surface area (Å²) in [6, 6.07) is 5.68. The number of aromatic nitrogens is 3. The highest BCUT2D eigenvalue weighted by atomic mass is 16.2. The normalized spacial score (nSPS) is 11.9. The SMILES string of the molecule is CC(Cn1cccn1)Nc1ccc(C(=O)N(C)C)cn1. The molecule has 0 bridgehead atoms. The second-order valence-electron chi connectivity index (χ2n) is 4.91. The Labute approximate surface area is 118 Å². The lowest BCUT2D eigenvalue weighted by Crippen LogP contribution is -2.24. The van der Waals surface area contributed by atoms with Gasteiger partial charge in [-0.3, -0.25) is 9.48 Å². The molecule has 106 valence electrons. The molecule has 6 nitrogen and oxygen atoms in total. The van der Waals surface area contributed by atoms with Gasteiger partial charge in [-0.2, -0.15) is 5.10 Å². The number of carbonyl (C=O) groups is 1. The van der Waals surface area contributed by atoms with Crippen molar-refractivity contribution in [3.05, 3.63) is 42.4 Å². The molecule has 0 aromatic carbocycles. The Morgan fingerprint density at radius 1 is 1.45 bits per heavy atom. The molecule has 6 heteroatoms. The molecule has 1 atom stereocenters. The predicted molar refractivity (Wildman–Crippen MR) is 77.6 cm³/mol. The van der Waals surface area contributed by atoms with Crippen LogP contribution in [0.3, 0.4) is 0 Å². The van der Waals surface area contributed by atoms with E-state index in [9.17, 15) is 4.79 Å². The first-order valence-corrected chi connectivity index (χ1v) is 6.48. The molecule has 0 saturated heterocycles. The Morgan fingerprint density at radius 3 is 2.80 bits per heavy atom. The van der Waals surface area contributed by atoms with Gasteiger partial charge >= 0.3 is 0 Å². The maximum Gasteiger partial charge on any atom is 0.254 e. The molecule has 0 fully saturated rings. The van der Waals surface area contributed by atoms with Gasteiger partial charge in [0, 0.05) is 38.7 Å². The van der Waals surface area contributed by atoms with Crippen molar-refractivity contribution < 1.29 is 4.79 Å². The van der Waals surface area contributed by atoms with Crippen molar-refractivity contribution in [2.75, 3.05) is 19.4 Å². The zero-order valence-corrected chi connectivity index (χ0v) is 11.9. The molecule has 2 aromatic rings. The summed E-state index contributed by atoms with van der Waals surface area (Å²) < 4.78 is 1.86. The third-order valence-electron chi connectivity index (χ3n) is 2.83. The second kappa shape index (κ2) is 6.18. The van der Waals surface area contributed by atoms with E-state index < -0.39 is 0 Å². The number of nitrogens with one attached hydrogen (secondary N) is 1. The molecule has 0 aliphatic heterocycles. The third kappa shape index (κ3) is 3.57. The number of carbonyl (C=O) groups excluding carboxylic acids is 1. The van der Waals surface area contributed by atoms with E-state index in [-0.39, 0.29) is 11.9 Å². The molecule has 0 radical (unpaired) electrons. The largest absolute Gasteiger partial charge is 0.366 e. The summed E-state index contributed by atoms with van der Waals surface area (Å²) in [6.07, 6.45) is 5.27. The van der Waals surface area contributed by atoms with Crippen LogP contribution >= 0.6 is 0 Å². The molecule has 0 saturated carbocycles. The van der Waals surface area contributed by atoms with Gasteiger partial charge in [-0.05, 0) is 25.1 Å². The van der Waals surface area contributed by atoms with Crippen molar-refractivity contribution in [1.29, 1.82) is 0 Å². The van der Waals surface area contributed by atoms with Gasteiger partial charge in [0.05, 0.1) is 12.1 Å². The van der Waals surface area contributed by atoms with Crippen LogP contribution < -0.4 is 5.32 Å². The van der Waals surface area contributed by atoms with Crippen molar-refractivity contribution in [3.8, 4) is 0 Å². The number of amides is 1. The average Bonchev–Trinajstić information content (AvgIpc) is 2.91. The van der Waals surface area contributed by atoms with Gasteiger partial charge in [0.1, 0.15) is 5.82 Å². The highest BCUT2D eigenvalue weighted by Gasteiger charge is 2.09. The fourth-order valence-corrected chi connectivity index (χ4v) is 1.85. The van der Waals surface area contributed by atoms with Crippen LogP contribution in [0.2, 0.25) is 0 Å². The van der Waals surface area contributed by atoms with Crippen molar-refractivity contribution in [1.82, 2.24) is 19.7 Å². The Kier molecular flexibility index (Phi) is 4.34. The molecule has 20 heavy (non-hydrogen) atoms. The summed E-state index contributed by atoms with van der Waals surface area (Å²) in [5.74, 6) is 0.702. The molecule has 0 aliphatic rings. The van der Waals surface area contributed by atoms with E-state index in [2.05, 4.69) is 22.3 Å². The monoisotopic (exact) mass is 273 g/mol. The minimum Gasteiger partial charge on any atom is -0.366 e. The maximum atomic E-state index is 11.7. The first-order chi connectivity index (χ1) is 9.56. The molecular formula is C14H19N5O. The number of nitrogens with zero attached hydrogens (tertiary/aromatic N) is 4. The summed E-state index contributed by atoms with van der Waals surface area (Å²) in [7, 11) is 3.45. The van der Waals surface area contributed by atoms with Gasteiger partial charge in [0.15, 0.2) is 0 Å². The van der Waals surface area contributed by atoms with Crippen molar-refractivity contribution in [3.63, 3.8) is 0 Å². The summed E-state index contributed by atoms with van der Waals surface area (Å²) in [5.41, 5.74) is 0.584. The minimum atomic E-state index is -0.0476. The topological polar surface area (TPSA) is 63.1 Å². The maximum absolute atomic E-state index is 11.7. The highest BCUT2D eigenvalue weighted by molar-refractivity contribution is 5.93. The zero-order chi connectivity index (χ0) is 14.5. The van der Waals surface area contributed by atoms with Gasteiger partial charge in [0.2, 0.25) is 0 Å². The van der Waals surface area contributed by atoms with Crippen molar-refractivity contribution >= 4 is 11.7 Å². The zero-order valence-electron chi connectivity index (χ0n) is 11.9. The first-order valence-electron chi connectivity index (χ1n) is 6.48. The fraction of sp³-hybridized carbons (Fsp3) is 0.357. The van der Waals surface area contributed by atoms with Gasteiger partial charge in [-0.25, -0.2) is 4.98 Å². The van der Waals surface area contributed by atoms with Crippen LogP contribution in [0.5, 0.6) is 0 Å². The molecule has 0 aliphatic carbocycles. The number of anilines is 1. The van der Waals surface area contributed by atoms with Gasteiger partial charge in [-0.1, -0.05) is 0 Å². The minimum absolute atomic E-state index is 0.0476. The summed E-state index contributed by atoms with van der Waals surface area (Å²) in [5, 5.41) is 7.44. The quantitative estimate of drug-likeness (QED) is 0.896. The van der Waals surface area contributed by atoms with Crippen LogP contribution in [0.4, 0.5) is 5.82 Å². The molecule has 2 heterocycles. The number of pyridine rings is 1. The molecule has 1 N–H and O–H groups in total. The fourth-order valence-electron chi connectivity index (χ4n) is 1.85. The molecule has 1 amide bonds. The summed E-state index contributed by atoms with van der Waals surface area (Å²) in [6.45, 7) is 2.81. The van der Waals surface area contributed by atoms with E-state index in [1.54, 1.807) is 32.6 Å². The van der Waals surface area contributed by atoms with Gasteiger partial charge in [-0.15, -0.1) is 0 Å². The standard InChI is InChI=1S/C14H19N5O/c1-11(10-19-8-4-7-16-19)17-13-6-5-12(9-15-13)14(20)18(2)3/h4-9,11H,10H2,1-3H3,(H,15,17).